The minimum absolute atomic E-state index is 0.164. The molecular formula is C23H28N4O5. The molecule has 0 saturated heterocycles. The molecule has 0 bridgehead atoms. The van der Waals surface area contributed by atoms with Crippen molar-refractivity contribution in [3.05, 3.63) is 52.6 Å². The molecule has 0 spiro atoms. The van der Waals surface area contributed by atoms with Gasteiger partial charge in [0.05, 0.1) is 25.1 Å². The Hall–Kier alpha value is -3.59. The highest BCUT2D eigenvalue weighted by Crippen LogP contribution is 2.30. The minimum atomic E-state index is -0.335. The molecule has 170 valence electrons. The molecule has 32 heavy (non-hydrogen) atoms. The molecule has 0 unspecified atom stereocenters. The van der Waals surface area contributed by atoms with Crippen molar-refractivity contribution < 1.29 is 19.0 Å². The zero-order valence-electron chi connectivity index (χ0n) is 19.0. The number of carbonyl (C=O) groups excluding carboxylic acids is 1. The van der Waals surface area contributed by atoms with Crippen LogP contribution in [0.2, 0.25) is 0 Å². The maximum atomic E-state index is 13.0. The summed E-state index contributed by atoms with van der Waals surface area (Å²) in [6.07, 6.45) is 0. The molecule has 1 N–H and O–H groups in total. The van der Waals surface area contributed by atoms with Crippen LogP contribution in [0.5, 0.6) is 17.2 Å². The maximum Gasteiger partial charge on any atom is 0.262 e. The molecule has 3 aromatic rings. The first-order valence-corrected chi connectivity index (χ1v) is 10.1. The van der Waals surface area contributed by atoms with Gasteiger partial charge in [-0.15, -0.1) is 0 Å². The van der Waals surface area contributed by atoms with E-state index in [-0.39, 0.29) is 18.0 Å². The summed E-state index contributed by atoms with van der Waals surface area (Å²) in [5.74, 6) is 1.72. The van der Waals surface area contributed by atoms with Crippen LogP contribution in [0.1, 0.15) is 5.82 Å². The second-order valence-electron chi connectivity index (χ2n) is 7.50. The lowest BCUT2D eigenvalue weighted by Crippen LogP contribution is -2.30. The molecule has 3 rings (SSSR count). The normalized spacial score (nSPS) is 10.9. The van der Waals surface area contributed by atoms with E-state index in [1.807, 2.05) is 19.0 Å². The van der Waals surface area contributed by atoms with Gasteiger partial charge in [0, 0.05) is 18.3 Å². The summed E-state index contributed by atoms with van der Waals surface area (Å²) in [4.78, 5) is 32.1. The number of anilines is 1. The van der Waals surface area contributed by atoms with Crippen LogP contribution in [0.25, 0.3) is 10.9 Å². The fourth-order valence-corrected chi connectivity index (χ4v) is 3.17. The van der Waals surface area contributed by atoms with Crippen molar-refractivity contribution in [1.82, 2.24) is 14.5 Å². The summed E-state index contributed by atoms with van der Waals surface area (Å²) < 4.78 is 17.5. The third kappa shape index (κ3) is 5.36. The summed E-state index contributed by atoms with van der Waals surface area (Å²) in [7, 11) is 6.97. The Morgan fingerprint density at radius 3 is 2.38 bits per heavy atom. The predicted octanol–water partition coefficient (Wildman–Crippen LogP) is 2.30. The van der Waals surface area contributed by atoms with Crippen molar-refractivity contribution >= 4 is 22.5 Å². The lowest BCUT2D eigenvalue weighted by Gasteiger charge is -2.14. The Bertz CT molecular complexity index is 1160. The summed E-state index contributed by atoms with van der Waals surface area (Å²) in [5, 5.41) is 3.15. The van der Waals surface area contributed by atoms with Crippen LogP contribution in [0.3, 0.4) is 0 Å². The van der Waals surface area contributed by atoms with Crippen LogP contribution in [-0.2, 0) is 11.3 Å². The Morgan fingerprint density at radius 2 is 1.75 bits per heavy atom. The van der Waals surface area contributed by atoms with Gasteiger partial charge in [-0.25, -0.2) is 4.98 Å². The van der Waals surface area contributed by atoms with Crippen LogP contribution in [0.15, 0.2) is 41.2 Å². The fourth-order valence-electron chi connectivity index (χ4n) is 3.17. The molecular weight excluding hydrogens is 412 g/mol. The molecule has 2 aromatic carbocycles. The van der Waals surface area contributed by atoms with E-state index in [1.54, 1.807) is 43.3 Å². The first-order chi connectivity index (χ1) is 15.3. The van der Waals surface area contributed by atoms with Gasteiger partial charge in [-0.3, -0.25) is 14.2 Å². The molecule has 1 aromatic heterocycles. The number of likely N-dealkylation sites (N-methyl/N-ethyl adjacent to an activating group) is 1. The lowest BCUT2D eigenvalue weighted by atomic mass is 10.2. The van der Waals surface area contributed by atoms with Gasteiger partial charge >= 0.3 is 0 Å². The van der Waals surface area contributed by atoms with E-state index in [9.17, 15) is 9.59 Å². The van der Waals surface area contributed by atoms with Crippen LogP contribution in [0, 0.1) is 6.92 Å². The number of nitrogens with one attached hydrogen (secondary N) is 1. The summed E-state index contributed by atoms with van der Waals surface area (Å²) >= 11 is 0. The number of aromatic nitrogens is 2. The third-order valence-electron chi connectivity index (χ3n) is 4.90. The van der Waals surface area contributed by atoms with Gasteiger partial charge in [-0.2, -0.15) is 0 Å². The Kier molecular flexibility index (Phi) is 7.32. The molecule has 0 aliphatic rings. The Balaban J connectivity index is 1.74. The van der Waals surface area contributed by atoms with Gasteiger partial charge in [0.15, 0.2) is 11.5 Å². The number of amides is 1. The first-order valence-electron chi connectivity index (χ1n) is 10.1. The average Bonchev–Trinajstić information content (AvgIpc) is 2.76. The monoisotopic (exact) mass is 440 g/mol. The standard InChI is InChI=1S/C23H28N4O5/c1-15-24-19-13-21(31-5)20(30-4)12-18(19)23(29)27(15)14-22(28)25-16-6-8-17(9-7-16)32-11-10-26(2)3/h6-9,12-13H,10-11,14H2,1-5H3,(H,25,28). The predicted molar refractivity (Wildman–Crippen MR) is 123 cm³/mol. The lowest BCUT2D eigenvalue weighted by molar-refractivity contribution is -0.116. The number of benzene rings is 2. The minimum Gasteiger partial charge on any atom is -0.493 e. The van der Waals surface area contributed by atoms with Gasteiger partial charge in [-0.05, 0) is 51.4 Å². The van der Waals surface area contributed by atoms with Gasteiger partial charge in [-0.1, -0.05) is 0 Å². The zero-order valence-corrected chi connectivity index (χ0v) is 19.0. The molecule has 9 nitrogen and oxygen atoms in total. The molecule has 1 amide bonds. The number of hydrogen-bond donors (Lipinski definition) is 1. The number of aryl methyl sites for hydroxylation is 1. The van der Waals surface area contributed by atoms with Crippen molar-refractivity contribution in [1.29, 1.82) is 0 Å². The van der Waals surface area contributed by atoms with Gasteiger partial charge in [0.2, 0.25) is 5.91 Å². The SMILES string of the molecule is COc1cc2nc(C)n(CC(=O)Nc3ccc(OCCN(C)C)cc3)c(=O)c2cc1OC. The van der Waals surface area contributed by atoms with Crippen LogP contribution in [-0.4, -0.2) is 61.8 Å². The second-order valence-corrected chi connectivity index (χ2v) is 7.50. The van der Waals surface area contributed by atoms with E-state index in [0.717, 1.165) is 12.3 Å². The molecule has 0 aliphatic heterocycles. The largest absolute Gasteiger partial charge is 0.493 e. The third-order valence-corrected chi connectivity index (χ3v) is 4.90. The number of methoxy groups -OCH3 is 2. The molecule has 0 saturated carbocycles. The second kappa shape index (κ2) is 10.1. The molecule has 9 heteroatoms. The highest BCUT2D eigenvalue weighted by molar-refractivity contribution is 5.91. The summed E-state index contributed by atoms with van der Waals surface area (Å²) in [6.45, 7) is 2.91. The molecule has 0 atom stereocenters. The molecule has 0 aliphatic carbocycles. The number of ether oxygens (including phenoxy) is 3. The van der Waals surface area contributed by atoms with Crippen molar-refractivity contribution in [2.75, 3.05) is 46.8 Å². The van der Waals surface area contributed by atoms with E-state index >= 15 is 0 Å². The molecule has 0 fully saturated rings. The van der Waals surface area contributed by atoms with Crippen LogP contribution in [0.4, 0.5) is 5.69 Å². The number of nitrogens with zero attached hydrogens (tertiary/aromatic N) is 3. The highest BCUT2D eigenvalue weighted by atomic mass is 16.5. The van der Waals surface area contributed by atoms with Crippen molar-refractivity contribution in [3.63, 3.8) is 0 Å². The van der Waals surface area contributed by atoms with E-state index < -0.39 is 0 Å². The summed E-state index contributed by atoms with van der Waals surface area (Å²) in [5.41, 5.74) is 0.765. The maximum absolute atomic E-state index is 13.0. The van der Waals surface area contributed by atoms with Crippen molar-refractivity contribution in [2.24, 2.45) is 0 Å². The van der Waals surface area contributed by atoms with E-state index in [1.165, 1.54) is 18.8 Å². The quantitative estimate of drug-likeness (QED) is 0.546. The zero-order chi connectivity index (χ0) is 23.3. The van der Waals surface area contributed by atoms with E-state index in [0.29, 0.717) is 40.5 Å². The Morgan fingerprint density at radius 1 is 1.09 bits per heavy atom. The number of rotatable bonds is 9. The number of carbonyl (C=O) groups is 1. The van der Waals surface area contributed by atoms with E-state index in [4.69, 9.17) is 14.2 Å². The highest BCUT2D eigenvalue weighted by Gasteiger charge is 2.15. The fraction of sp³-hybridized carbons (Fsp3) is 0.348. The number of hydrogen-bond acceptors (Lipinski definition) is 7. The topological polar surface area (TPSA) is 94.9 Å². The first kappa shape index (κ1) is 23.1. The average molecular weight is 441 g/mol. The van der Waals surface area contributed by atoms with E-state index in [2.05, 4.69) is 10.3 Å². The Labute approximate surface area is 186 Å². The van der Waals surface area contributed by atoms with Gasteiger partial charge in [0.1, 0.15) is 24.7 Å². The van der Waals surface area contributed by atoms with Crippen molar-refractivity contribution in [3.8, 4) is 17.2 Å². The molecule has 0 radical (unpaired) electrons. The van der Waals surface area contributed by atoms with Gasteiger partial charge < -0.3 is 24.4 Å². The molecule has 1 heterocycles. The number of fused-ring (bicyclic) bond motifs is 1. The van der Waals surface area contributed by atoms with Gasteiger partial charge in [0.25, 0.3) is 5.56 Å². The summed E-state index contributed by atoms with van der Waals surface area (Å²) in [6, 6.07) is 10.3. The van der Waals surface area contributed by atoms with Crippen LogP contribution < -0.4 is 25.1 Å². The van der Waals surface area contributed by atoms with Crippen molar-refractivity contribution in [2.45, 2.75) is 13.5 Å². The van der Waals surface area contributed by atoms with Crippen LogP contribution >= 0.6 is 0 Å². The smallest absolute Gasteiger partial charge is 0.262 e.